The van der Waals surface area contributed by atoms with Gasteiger partial charge in [-0.05, 0) is 26.8 Å². The number of nitrogens with zero attached hydrogens (tertiary/aromatic N) is 2. The van der Waals surface area contributed by atoms with Crippen LogP contribution >= 0.6 is 0 Å². The van der Waals surface area contributed by atoms with Crippen LogP contribution in [-0.4, -0.2) is 46.6 Å². The van der Waals surface area contributed by atoms with Crippen molar-refractivity contribution in [3.05, 3.63) is 33.9 Å². The van der Waals surface area contributed by atoms with E-state index in [2.05, 4.69) is 5.32 Å². The van der Waals surface area contributed by atoms with Gasteiger partial charge in [-0.15, -0.1) is 0 Å². The van der Waals surface area contributed by atoms with Crippen LogP contribution in [0.3, 0.4) is 0 Å². The Balaban J connectivity index is 3.32. The highest BCUT2D eigenvalue weighted by molar-refractivity contribution is 6.01. The summed E-state index contributed by atoms with van der Waals surface area (Å²) in [6.45, 7) is 5.48. The predicted molar refractivity (Wildman–Crippen MR) is 80.5 cm³/mol. The number of nitro benzene ring substituents is 1. The van der Waals surface area contributed by atoms with Gasteiger partial charge in [-0.2, -0.15) is 0 Å². The molecule has 0 heterocycles. The van der Waals surface area contributed by atoms with Gasteiger partial charge in [0.25, 0.3) is 11.6 Å². The topological polar surface area (TPSA) is 95.7 Å². The van der Waals surface area contributed by atoms with Crippen molar-refractivity contribution in [2.75, 3.05) is 25.5 Å². The smallest absolute Gasteiger partial charge is 0.293 e. The van der Waals surface area contributed by atoms with Crippen LogP contribution in [-0.2, 0) is 0 Å². The van der Waals surface area contributed by atoms with Crippen molar-refractivity contribution >= 4 is 17.3 Å². The first-order valence-electron chi connectivity index (χ1n) is 6.66. The van der Waals surface area contributed by atoms with Crippen molar-refractivity contribution in [1.29, 1.82) is 0 Å². The van der Waals surface area contributed by atoms with Gasteiger partial charge in [0.1, 0.15) is 5.69 Å². The Morgan fingerprint density at radius 3 is 2.57 bits per heavy atom. The van der Waals surface area contributed by atoms with Gasteiger partial charge in [0.15, 0.2) is 0 Å². The summed E-state index contributed by atoms with van der Waals surface area (Å²) in [5, 5.41) is 23.3. The molecule has 21 heavy (non-hydrogen) atoms. The van der Waals surface area contributed by atoms with Gasteiger partial charge in [0.05, 0.1) is 22.6 Å². The minimum Gasteiger partial charge on any atom is -0.394 e. The number of para-hydroxylation sites is 1. The van der Waals surface area contributed by atoms with E-state index in [0.29, 0.717) is 6.54 Å². The van der Waals surface area contributed by atoms with Crippen molar-refractivity contribution in [2.24, 2.45) is 0 Å². The number of nitro groups is 1. The highest BCUT2D eigenvalue weighted by Gasteiger charge is 2.30. The van der Waals surface area contributed by atoms with Gasteiger partial charge in [-0.25, -0.2) is 0 Å². The Morgan fingerprint density at radius 2 is 2.10 bits per heavy atom. The zero-order chi connectivity index (χ0) is 16.2. The minimum atomic E-state index is -0.759. The molecule has 1 aromatic rings. The van der Waals surface area contributed by atoms with Crippen LogP contribution in [0.4, 0.5) is 11.4 Å². The molecular formula is C14H21N3O4. The average molecular weight is 295 g/mol. The second-order valence-electron chi connectivity index (χ2n) is 5.32. The van der Waals surface area contributed by atoms with Crippen LogP contribution < -0.4 is 5.32 Å². The Morgan fingerprint density at radius 1 is 1.48 bits per heavy atom. The van der Waals surface area contributed by atoms with E-state index in [1.165, 1.54) is 23.1 Å². The highest BCUT2D eigenvalue weighted by atomic mass is 16.6. The molecule has 0 aromatic heterocycles. The molecule has 0 radical (unpaired) electrons. The molecule has 0 spiro atoms. The first-order chi connectivity index (χ1) is 9.76. The average Bonchev–Trinajstić information content (AvgIpc) is 2.46. The maximum Gasteiger partial charge on any atom is 0.293 e. The van der Waals surface area contributed by atoms with E-state index in [1.807, 2.05) is 0 Å². The predicted octanol–water partition coefficient (Wildman–Crippen LogP) is 1.87. The lowest BCUT2D eigenvalue weighted by molar-refractivity contribution is -0.384. The third-order valence-electron chi connectivity index (χ3n) is 3.42. The Kier molecular flexibility index (Phi) is 5.26. The second kappa shape index (κ2) is 6.53. The summed E-state index contributed by atoms with van der Waals surface area (Å²) in [5.41, 5.74) is -0.478. The van der Waals surface area contributed by atoms with Gasteiger partial charge in [-0.1, -0.05) is 6.07 Å². The van der Waals surface area contributed by atoms with Crippen LogP contribution in [0.5, 0.6) is 0 Å². The largest absolute Gasteiger partial charge is 0.394 e. The van der Waals surface area contributed by atoms with E-state index in [4.69, 9.17) is 0 Å². The standard InChI is InChI=1S/C14H21N3O4/c1-5-15-12-10(7-6-8-11(12)17(20)21)13(19)16(4)14(2,3)9-18/h6-8,15,18H,5,9H2,1-4H3. The number of amides is 1. The highest BCUT2D eigenvalue weighted by Crippen LogP contribution is 2.30. The quantitative estimate of drug-likeness (QED) is 0.617. The zero-order valence-electron chi connectivity index (χ0n) is 12.7. The van der Waals surface area contributed by atoms with Crippen molar-refractivity contribution in [2.45, 2.75) is 26.3 Å². The summed E-state index contributed by atoms with van der Waals surface area (Å²) in [4.78, 5) is 24.5. The van der Waals surface area contributed by atoms with Crippen LogP contribution in [0, 0.1) is 10.1 Å². The number of anilines is 1. The van der Waals surface area contributed by atoms with Gasteiger partial charge in [0, 0.05) is 19.7 Å². The number of nitrogens with one attached hydrogen (secondary N) is 1. The fourth-order valence-corrected chi connectivity index (χ4v) is 1.79. The zero-order valence-corrected chi connectivity index (χ0v) is 12.7. The van der Waals surface area contributed by atoms with Crippen molar-refractivity contribution in [1.82, 2.24) is 4.90 Å². The molecule has 0 bridgehead atoms. The monoisotopic (exact) mass is 295 g/mol. The first-order valence-corrected chi connectivity index (χ1v) is 6.66. The van der Waals surface area contributed by atoms with Gasteiger partial charge < -0.3 is 15.3 Å². The number of benzene rings is 1. The first kappa shape index (κ1) is 16.9. The number of hydrogen-bond acceptors (Lipinski definition) is 5. The molecule has 0 saturated carbocycles. The van der Waals surface area contributed by atoms with Crippen LogP contribution in [0.25, 0.3) is 0 Å². The summed E-state index contributed by atoms with van der Waals surface area (Å²) in [7, 11) is 1.56. The number of likely N-dealkylation sites (N-methyl/N-ethyl adjacent to an activating group) is 1. The van der Waals surface area contributed by atoms with E-state index in [1.54, 1.807) is 27.8 Å². The molecule has 1 aromatic carbocycles. The molecule has 0 aliphatic heterocycles. The molecule has 7 heteroatoms. The van der Waals surface area contributed by atoms with Gasteiger partial charge in [0.2, 0.25) is 0 Å². The molecule has 0 unspecified atom stereocenters. The van der Waals surface area contributed by atoms with E-state index in [-0.39, 0.29) is 29.5 Å². The lowest BCUT2D eigenvalue weighted by atomic mass is 10.0. The Labute approximate surface area is 123 Å². The van der Waals surface area contributed by atoms with Crippen molar-refractivity contribution in [3.8, 4) is 0 Å². The van der Waals surface area contributed by atoms with E-state index < -0.39 is 10.5 Å². The lowest BCUT2D eigenvalue weighted by Crippen LogP contribution is -2.47. The maximum absolute atomic E-state index is 12.6. The molecule has 7 nitrogen and oxygen atoms in total. The summed E-state index contributed by atoms with van der Waals surface area (Å²) in [6.07, 6.45) is 0. The number of hydrogen-bond donors (Lipinski definition) is 2. The number of aliphatic hydroxyl groups is 1. The summed E-state index contributed by atoms with van der Waals surface area (Å²) >= 11 is 0. The fourth-order valence-electron chi connectivity index (χ4n) is 1.79. The van der Waals surface area contributed by atoms with Gasteiger partial charge in [-0.3, -0.25) is 14.9 Å². The number of aliphatic hydroxyl groups excluding tert-OH is 1. The SMILES string of the molecule is CCNc1c(C(=O)N(C)C(C)(C)CO)cccc1[N+](=O)[O-]. The maximum atomic E-state index is 12.6. The number of carbonyl (C=O) groups is 1. The summed E-state index contributed by atoms with van der Waals surface area (Å²) in [6, 6.07) is 4.37. The third kappa shape index (κ3) is 3.49. The summed E-state index contributed by atoms with van der Waals surface area (Å²) < 4.78 is 0. The molecular weight excluding hydrogens is 274 g/mol. The van der Waals surface area contributed by atoms with Gasteiger partial charge >= 0.3 is 0 Å². The Bertz CT molecular complexity index is 543. The number of rotatable bonds is 6. The van der Waals surface area contributed by atoms with Crippen LogP contribution in [0.2, 0.25) is 0 Å². The molecule has 0 saturated heterocycles. The van der Waals surface area contributed by atoms with Crippen molar-refractivity contribution < 1.29 is 14.8 Å². The molecule has 0 aliphatic carbocycles. The molecule has 1 amide bonds. The van der Waals surface area contributed by atoms with E-state index >= 15 is 0 Å². The number of carbonyl (C=O) groups excluding carboxylic acids is 1. The molecule has 0 atom stereocenters. The van der Waals surface area contributed by atoms with E-state index in [0.717, 1.165) is 0 Å². The molecule has 1 rings (SSSR count). The minimum absolute atomic E-state index is 0.141. The molecule has 2 N–H and O–H groups in total. The summed E-state index contributed by atoms with van der Waals surface area (Å²) in [5.74, 6) is -0.381. The van der Waals surface area contributed by atoms with Crippen LogP contribution in [0.15, 0.2) is 18.2 Å². The van der Waals surface area contributed by atoms with Crippen molar-refractivity contribution in [3.63, 3.8) is 0 Å². The van der Waals surface area contributed by atoms with Crippen LogP contribution in [0.1, 0.15) is 31.1 Å². The Hall–Kier alpha value is -2.15. The second-order valence-corrected chi connectivity index (χ2v) is 5.32. The molecule has 0 fully saturated rings. The van der Waals surface area contributed by atoms with E-state index in [9.17, 15) is 20.0 Å². The fraction of sp³-hybridized carbons (Fsp3) is 0.500. The molecule has 116 valence electrons. The molecule has 0 aliphatic rings. The lowest BCUT2D eigenvalue weighted by Gasteiger charge is -2.34. The third-order valence-corrected chi connectivity index (χ3v) is 3.42. The normalized spacial score (nSPS) is 11.1.